The average molecular weight is 317 g/mol. The van der Waals surface area contributed by atoms with Gasteiger partial charge in [-0.3, -0.25) is 0 Å². The van der Waals surface area contributed by atoms with Gasteiger partial charge in [-0.05, 0) is 32.7 Å². The lowest BCUT2D eigenvalue weighted by Crippen LogP contribution is -2.55. The van der Waals surface area contributed by atoms with Crippen molar-refractivity contribution < 1.29 is 8.42 Å². The molecule has 0 amide bonds. The van der Waals surface area contributed by atoms with Crippen LogP contribution >= 0.6 is 0 Å². The zero-order valence-corrected chi connectivity index (χ0v) is 14.4. The predicted molar refractivity (Wildman–Crippen MR) is 86.4 cm³/mol. The van der Waals surface area contributed by atoms with Gasteiger partial charge in [-0.2, -0.15) is 17.0 Å². The molecule has 2 aliphatic rings. The molecule has 0 aromatic carbocycles. The maximum Gasteiger partial charge on any atom is 0.282 e. The van der Waals surface area contributed by atoms with E-state index < -0.39 is 10.2 Å². The van der Waals surface area contributed by atoms with Crippen molar-refractivity contribution in [1.82, 2.24) is 13.9 Å². The molecule has 1 atom stereocenters. The Morgan fingerprint density at radius 1 is 1.10 bits per heavy atom. The summed E-state index contributed by atoms with van der Waals surface area (Å²) < 4.78 is 29.8. The number of likely N-dealkylation sites (N-methyl/N-ethyl adjacent to an activating group) is 1. The SMILES string of the molecule is CCN(C1CCCCC1)S(=O)(=O)N1CCCCC1CNC. The summed E-state index contributed by atoms with van der Waals surface area (Å²) >= 11 is 0. The van der Waals surface area contributed by atoms with E-state index in [-0.39, 0.29) is 12.1 Å². The van der Waals surface area contributed by atoms with Gasteiger partial charge < -0.3 is 5.32 Å². The van der Waals surface area contributed by atoms with Crippen LogP contribution in [-0.4, -0.2) is 55.8 Å². The lowest BCUT2D eigenvalue weighted by molar-refractivity contribution is 0.201. The largest absolute Gasteiger partial charge is 0.318 e. The second-order valence-corrected chi connectivity index (χ2v) is 8.15. The minimum absolute atomic E-state index is 0.117. The molecule has 1 aliphatic heterocycles. The molecule has 1 saturated heterocycles. The third-order valence-corrected chi connectivity index (χ3v) is 7.12. The van der Waals surface area contributed by atoms with Gasteiger partial charge in [0.15, 0.2) is 0 Å². The number of piperidine rings is 1. The number of nitrogens with zero attached hydrogens (tertiary/aromatic N) is 2. The van der Waals surface area contributed by atoms with E-state index in [1.54, 1.807) is 8.61 Å². The third kappa shape index (κ3) is 3.97. The molecule has 0 bridgehead atoms. The first kappa shape index (κ1) is 17.2. The van der Waals surface area contributed by atoms with Crippen LogP contribution in [0.25, 0.3) is 0 Å². The van der Waals surface area contributed by atoms with Gasteiger partial charge in [-0.1, -0.05) is 32.6 Å². The second kappa shape index (κ2) is 7.90. The summed E-state index contributed by atoms with van der Waals surface area (Å²) in [6.45, 7) is 4.00. The Hall–Kier alpha value is -0.170. The van der Waals surface area contributed by atoms with Crippen molar-refractivity contribution in [2.75, 3.05) is 26.7 Å². The van der Waals surface area contributed by atoms with Crippen molar-refractivity contribution >= 4 is 10.2 Å². The molecule has 5 nitrogen and oxygen atoms in total. The summed E-state index contributed by atoms with van der Waals surface area (Å²) in [5.41, 5.74) is 0. The van der Waals surface area contributed by atoms with Gasteiger partial charge in [0.05, 0.1) is 0 Å². The van der Waals surface area contributed by atoms with Gasteiger partial charge in [-0.15, -0.1) is 0 Å². The highest BCUT2D eigenvalue weighted by Crippen LogP contribution is 2.28. The van der Waals surface area contributed by atoms with Crippen molar-refractivity contribution in [3.8, 4) is 0 Å². The number of hydrogen-bond acceptors (Lipinski definition) is 3. The number of rotatable bonds is 6. The summed E-state index contributed by atoms with van der Waals surface area (Å²) in [6, 6.07) is 0.331. The topological polar surface area (TPSA) is 52.7 Å². The van der Waals surface area contributed by atoms with Crippen LogP contribution in [0.2, 0.25) is 0 Å². The van der Waals surface area contributed by atoms with E-state index in [1.807, 2.05) is 14.0 Å². The molecule has 2 fully saturated rings. The summed E-state index contributed by atoms with van der Waals surface area (Å²) in [7, 11) is -1.42. The Kier molecular flexibility index (Phi) is 6.47. The van der Waals surface area contributed by atoms with Crippen molar-refractivity contribution in [3.63, 3.8) is 0 Å². The van der Waals surface area contributed by atoms with Gasteiger partial charge in [0.1, 0.15) is 0 Å². The van der Waals surface area contributed by atoms with E-state index in [0.717, 1.165) is 51.5 Å². The standard InChI is InChI=1S/C15H31N3O2S/c1-3-17(14-9-5-4-6-10-14)21(19,20)18-12-8-7-11-15(18)13-16-2/h14-16H,3-13H2,1-2H3. The molecule has 1 N–H and O–H groups in total. The molecule has 0 aromatic rings. The maximum absolute atomic E-state index is 13.1. The molecule has 1 heterocycles. The predicted octanol–water partition coefficient (Wildman–Crippen LogP) is 1.96. The van der Waals surface area contributed by atoms with Crippen LogP contribution in [0.15, 0.2) is 0 Å². The van der Waals surface area contributed by atoms with Gasteiger partial charge >= 0.3 is 0 Å². The molecule has 0 aromatic heterocycles. The second-order valence-electron chi connectivity index (χ2n) is 6.32. The van der Waals surface area contributed by atoms with E-state index in [4.69, 9.17) is 0 Å². The maximum atomic E-state index is 13.1. The molecular weight excluding hydrogens is 286 g/mol. The van der Waals surface area contributed by atoms with E-state index in [0.29, 0.717) is 13.1 Å². The first-order valence-electron chi connectivity index (χ1n) is 8.54. The monoisotopic (exact) mass is 317 g/mol. The summed E-state index contributed by atoms with van der Waals surface area (Å²) in [4.78, 5) is 0. The minimum Gasteiger partial charge on any atom is -0.318 e. The van der Waals surface area contributed by atoms with Crippen LogP contribution in [0.1, 0.15) is 58.3 Å². The first-order chi connectivity index (χ1) is 10.1. The van der Waals surface area contributed by atoms with Gasteiger partial charge in [-0.25, -0.2) is 0 Å². The zero-order valence-electron chi connectivity index (χ0n) is 13.6. The Morgan fingerprint density at radius 2 is 1.76 bits per heavy atom. The van der Waals surface area contributed by atoms with Gasteiger partial charge in [0.2, 0.25) is 0 Å². The lowest BCUT2D eigenvalue weighted by atomic mass is 9.95. The van der Waals surface area contributed by atoms with Crippen molar-refractivity contribution in [2.45, 2.75) is 70.4 Å². The fourth-order valence-corrected chi connectivity index (χ4v) is 5.93. The Morgan fingerprint density at radius 3 is 2.38 bits per heavy atom. The molecule has 1 aliphatic carbocycles. The van der Waals surface area contributed by atoms with Crippen molar-refractivity contribution in [1.29, 1.82) is 0 Å². The van der Waals surface area contributed by atoms with Gasteiger partial charge in [0.25, 0.3) is 10.2 Å². The third-order valence-electron chi connectivity index (χ3n) is 4.90. The van der Waals surface area contributed by atoms with Crippen molar-refractivity contribution in [2.24, 2.45) is 0 Å². The molecule has 0 radical (unpaired) electrons. The molecule has 6 heteroatoms. The first-order valence-corrected chi connectivity index (χ1v) is 9.94. The van der Waals surface area contributed by atoms with Crippen LogP contribution in [-0.2, 0) is 10.2 Å². The number of hydrogen-bond donors (Lipinski definition) is 1. The number of nitrogens with one attached hydrogen (secondary N) is 1. The van der Waals surface area contributed by atoms with E-state index in [2.05, 4.69) is 5.32 Å². The van der Waals surface area contributed by atoms with E-state index in [9.17, 15) is 8.42 Å². The molecule has 0 spiro atoms. The Labute approximate surface area is 130 Å². The van der Waals surface area contributed by atoms with Crippen LogP contribution in [0.4, 0.5) is 0 Å². The molecule has 1 unspecified atom stereocenters. The molecular formula is C15H31N3O2S. The molecule has 2 rings (SSSR count). The fraction of sp³-hybridized carbons (Fsp3) is 1.00. The quantitative estimate of drug-likeness (QED) is 0.815. The molecule has 124 valence electrons. The zero-order chi connectivity index (χ0) is 15.3. The normalized spacial score (nSPS) is 26.3. The highest BCUT2D eigenvalue weighted by atomic mass is 32.2. The van der Waals surface area contributed by atoms with E-state index >= 15 is 0 Å². The smallest absolute Gasteiger partial charge is 0.282 e. The van der Waals surface area contributed by atoms with E-state index in [1.165, 1.54) is 6.42 Å². The highest BCUT2D eigenvalue weighted by molar-refractivity contribution is 7.86. The lowest BCUT2D eigenvalue weighted by Gasteiger charge is -2.41. The summed E-state index contributed by atoms with van der Waals surface area (Å²) in [5.74, 6) is 0. The molecule has 1 saturated carbocycles. The average Bonchev–Trinajstić information content (AvgIpc) is 2.49. The Bertz CT molecular complexity index is 386. The van der Waals surface area contributed by atoms with Gasteiger partial charge in [0, 0.05) is 31.7 Å². The van der Waals surface area contributed by atoms with Crippen LogP contribution in [0.3, 0.4) is 0 Å². The fourth-order valence-electron chi connectivity index (χ4n) is 3.83. The van der Waals surface area contributed by atoms with Crippen LogP contribution in [0.5, 0.6) is 0 Å². The molecule has 21 heavy (non-hydrogen) atoms. The minimum atomic E-state index is -3.32. The summed E-state index contributed by atoms with van der Waals surface area (Å²) in [5, 5.41) is 3.15. The van der Waals surface area contributed by atoms with Crippen molar-refractivity contribution in [3.05, 3.63) is 0 Å². The Balaban J connectivity index is 2.16. The highest BCUT2D eigenvalue weighted by Gasteiger charge is 2.38. The van der Waals surface area contributed by atoms with Crippen LogP contribution < -0.4 is 5.32 Å². The summed E-state index contributed by atoms with van der Waals surface area (Å²) in [6.07, 6.45) is 8.72. The van der Waals surface area contributed by atoms with Crippen LogP contribution in [0, 0.1) is 0 Å².